The Balaban J connectivity index is 2.22. The van der Waals surface area contributed by atoms with Crippen LogP contribution >= 0.6 is 0 Å². The third kappa shape index (κ3) is 3.56. The van der Waals surface area contributed by atoms with Crippen LogP contribution in [0.5, 0.6) is 0 Å². The number of benzene rings is 1. The highest BCUT2D eigenvalue weighted by Crippen LogP contribution is 2.33. The first-order valence-corrected chi connectivity index (χ1v) is 7.10. The molecular weight excluding hydrogens is 302 g/mol. The van der Waals surface area contributed by atoms with Gasteiger partial charge in [-0.15, -0.1) is 0 Å². The van der Waals surface area contributed by atoms with Gasteiger partial charge in [-0.1, -0.05) is 11.6 Å². The smallest absolute Gasteiger partial charge is 0.350 e. The van der Waals surface area contributed by atoms with Gasteiger partial charge in [-0.05, 0) is 25.5 Å². The summed E-state index contributed by atoms with van der Waals surface area (Å²) in [5.74, 6) is -1.31. The van der Waals surface area contributed by atoms with Crippen LogP contribution in [0.25, 0.3) is 0 Å². The second-order valence-corrected chi connectivity index (χ2v) is 5.45. The molecule has 23 heavy (non-hydrogen) atoms. The van der Waals surface area contributed by atoms with Crippen molar-refractivity contribution in [1.82, 2.24) is 0 Å². The van der Waals surface area contributed by atoms with Crippen LogP contribution in [0.3, 0.4) is 0 Å². The molecule has 0 fully saturated rings. The maximum atomic E-state index is 12.3. The molecule has 0 radical (unpaired) electrons. The summed E-state index contributed by atoms with van der Waals surface area (Å²) in [6.07, 6.45) is 3.21. The molecule has 7 nitrogen and oxygen atoms in total. The first-order valence-electron chi connectivity index (χ1n) is 7.10. The molecule has 2 rings (SSSR count). The molecule has 0 aromatic heterocycles. The van der Waals surface area contributed by atoms with Crippen LogP contribution in [0.4, 0.5) is 5.69 Å². The number of esters is 2. The van der Waals surface area contributed by atoms with Gasteiger partial charge in [0.05, 0.1) is 17.6 Å². The summed E-state index contributed by atoms with van der Waals surface area (Å²) in [6.45, 7) is 1.86. The molecule has 0 spiro atoms. The van der Waals surface area contributed by atoms with Gasteiger partial charge in [-0.3, -0.25) is 10.1 Å². The van der Waals surface area contributed by atoms with Gasteiger partial charge in [0.2, 0.25) is 5.60 Å². The zero-order chi connectivity index (χ0) is 17.0. The largest absolute Gasteiger partial charge is 0.466 e. The lowest BCUT2D eigenvalue weighted by atomic mass is 9.85. The number of hydrogen-bond donors (Lipinski definition) is 0. The minimum atomic E-state index is -1.34. The van der Waals surface area contributed by atoms with Crippen LogP contribution < -0.4 is 0 Å². The number of hydrogen-bond acceptors (Lipinski definition) is 6. The number of nitro benzene ring substituents is 1. The Morgan fingerprint density at radius 2 is 1.91 bits per heavy atom. The molecule has 0 heterocycles. The summed E-state index contributed by atoms with van der Waals surface area (Å²) in [7, 11) is 1.25. The number of methoxy groups -OCH3 is 1. The summed E-state index contributed by atoms with van der Waals surface area (Å²) in [5, 5.41) is 10.6. The Morgan fingerprint density at radius 3 is 2.43 bits per heavy atom. The number of ether oxygens (including phenoxy) is 2. The van der Waals surface area contributed by atoms with Crippen LogP contribution in [0.1, 0.15) is 36.5 Å². The zero-order valence-electron chi connectivity index (χ0n) is 12.9. The lowest BCUT2D eigenvalue weighted by molar-refractivity contribution is -0.384. The Morgan fingerprint density at radius 1 is 1.26 bits per heavy atom. The minimum Gasteiger partial charge on any atom is -0.466 e. The maximum absolute atomic E-state index is 12.3. The lowest BCUT2D eigenvalue weighted by Crippen LogP contribution is -2.45. The first kappa shape index (κ1) is 16.7. The summed E-state index contributed by atoms with van der Waals surface area (Å²) in [6, 6.07) is 5.04. The van der Waals surface area contributed by atoms with E-state index in [1.54, 1.807) is 0 Å². The SMILES string of the molecule is COC(=O)C1(OC(=O)c2ccc([N+](=O)[O-])cc2)CCC=C(C)C1. The van der Waals surface area contributed by atoms with E-state index in [1.165, 1.54) is 31.4 Å². The van der Waals surface area contributed by atoms with E-state index in [4.69, 9.17) is 9.47 Å². The van der Waals surface area contributed by atoms with Gasteiger partial charge in [0.25, 0.3) is 5.69 Å². The first-order chi connectivity index (χ1) is 10.9. The molecule has 0 bridgehead atoms. The molecule has 1 aromatic carbocycles. The highest BCUT2D eigenvalue weighted by Gasteiger charge is 2.45. The summed E-state index contributed by atoms with van der Waals surface area (Å²) >= 11 is 0. The summed E-state index contributed by atoms with van der Waals surface area (Å²) in [5.41, 5.74) is -0.378. The van der Waals surface area contributed by atoms with Gasteiger partial charge in [0.15, 0.2) is 0 Å². The van der Waals surface area contributed by atoms with E-state index in [0.717, 1.165) is 5.57 Å². The molecule has 122 valence electrons. The van der Waals surface area contributed by atoms with Crippen LogP contribution in [-0.4, -0.2) is 29.6 Å². The third-order valence-corrected chi connectivity index (χ3v) is 3.76. The molecule has 7 heteroatoms. The van der Waals surface area contributed by atoms with Crippen LogP contribution in [0.2, 0.25) is 0 Å². The summed E-state index contributed by atoms with van der Waals surface area (Å²) < 4.78 is 10.3. The zero-order valence-corrected chi connectivity index (χ0v) is 12.9. The maximum Gasteiger partial charge on any atom is 0.350 e. The second kappa shape index (κ2) is 6.60. The van der Waals surface area contributed by atoms with Crippen molar-refractivity contribution in [3.05, 3.63) is 51.6 Å². The molecule has 0 saturated heterocycles. The van der Waals surface area contributed by atoms with Gasteiger partial charge in [0, 0.05) is 25.0 Å². The average molecular weight is 319 g/mol. The number of carbonyl (C=O) groups excluding carboxylic acids is 2. The molecule has 1 atom stereocenters. The van der Waals surface area contributed by atoms with Crippen molar-refractivity contribution >= 4 is 17.6 Å². The fourth-order valence-electron chi connectivity index (χ4n) is 2.61. The highest BCUT2D eigenvalue weighted by atomic mass is 16.6. The molecular formula is C16H17NO6. The van der Waals surface area contributed by atoms with Gasteiger partial charge in [-0.25, -0.2) is 9.59 Å². The van der Waals surface area contributed by atoms with Crippen molar-refractivity contribution in [2.24, 2.45) is 0 Å². The molecule has 1 aromatic rings. The van der Waals surface area contributed by atoms with Crippen LogP contribution in [0.15, 0.2) is 35.9 Å². The molecule has 1 unspecified atom stereocenters. The van der Waals surface area contributed by atoms with E-state index in [0.29, 0.717) is 12.8 Å². The van der Waals surface area contributed by atoms with Gasteiger partial charge < -0.3 is 9.47 Å². The topological polar surface area (TPSA) is 95.7 Å². The molecule has 0 N–H and O–H groups in total. The molecule has 0 amide bonds. The Bertz CT molecular complexity index is 664. The number of nitro groups is 1. The number of carbonyl (C=O) groups is 2. The number of non-ortho nitro benzene ring substituents is 1. The number of nitrogens with zero attached hydrogens (tertiary/aromatic N) is 1. The van der Waals surface area contributed by atoms with Crippen molar-refractivity contribution in [3.8, 4) is 0 Å². The lowest BCUT2D eigenvalue weighted by Gasteiger charge is -2.33. The van der Waals surface area contributed by atoms with Crippen molar-refractivity contribution < 1.29 is 24.0 Å². The third-order valence-electron chi connectivity index (χ3n) is 3.76. The standard InChI is InChI=1S/C16H17NO6/c1-11-4-3-9-16(10-11,15(19)22-2)23-14(18)12-5-7-13(8-6-12)17(20)21/h4-8H,3,9-10H2,1-2H3. The molecule has 1 aliphatic carbocycles. The van der Waals surface area contributed by atoms with E-state index in [9.17, 15) is 19.7 Å². The van der Waals surface area contributed by atoms with E-state index in [1.807, 2.05) is 13.0 Å². The second-order valence-electron chi connectivity index (χ2n) is 5.45. The van der Waals surface area contributed by atoms with Crippen molar-refractivity contribution in [1.29, 1.82) is 0 Å². The quantitative estimate of drug-likeness (QED) is 0.366. The van der Waals surface area contributed by atoms with Crippen molar-refractivity contribution in [3.63, 3.8) is 0 Å². The van der Waals surface area contributed by atoms with Gasteiger partial charge in [-0.2, -0.15) is 0 Å². The molecule has 0 saturated carbocycles. The monoisotopic (exact) mass is 319 g/mol. The van der Waals surface area contributed by atoms with Gasteiger partial charge >= 0.3 is 11.9 Å². The Kier molecular flexibility index (Phi) is 4.78. The molecule has 1 aliphatic rings. The van der Waals surface area contributed by atoms with Crippen LogP contribution in [0, 0.1) is 10.1 Å². The van der Waals surface area contributed by atoms with E-state index < -0.39 is 22.5 Å². The average Bonchev–Trinajstić information content (AvgIpc) is 2.54. The van der Waals surface area contributed by atoms with E-state index >= 15 is 0 Å². The predicted octanol–water partition coefficient (Wildman–Crippen LogP) is 2.79. The van der Waals surface area contributed by atoms with E-state index in [2.05, 4.69) is 0 Å². The fourth-order valence-corrected chi connectivity index (χ4v) is 2.61. The van der Waals surface area contributed by atoms with Gasteiger partial charge in [0.1, 0.15) is 0 Å². The predicted molar refractivity (Wildman–Crippen MR) is 80.9 cm³/mol. The van der Waals surface area contributed by atoms with Crippen molar-refractivity contribution in [2.45, 2.75) is 31.8 Å². The number of rotatable bonds is 4. The Labute approximate surface area is 133 Å². The Hall–Kier alpha value is -2.70. The normalized spacial score (nSPS) is 20.3. The fraction of sp³-hybridized carbons (Fsp3) is 0.375. The summed E-state index contributed by atoms with van der Waals surface area (Å²) in [4.78, 5) is 34.5. The highest BCUT2D eigenvalue weighted by molar-refractivity contribution is 5.93. The van der Waals surface area contributed by atoms with E-state index in [-0.39, 0.29) is 17.7 Å². The molecule has 0 aliphatic heterocycles. The van der Waals surface area contributed by atoms with Crippen LogP contribution in [-0.2, 0) is 14.3 Å². The number of allylic oxidation sites excluding steroid dienone is 1. The minimum absolute atomic E-state index is 0.124. The van der Waals surface area contributed by atoms with Crippen molar-refractivity contribution in [2.75, 3.05) is 7.11 Å².